The summed E-state index contributed by atoms with van der Waals surface area (Å²) in [6.07, 6.45) is -11.6. The number of alkyl halides is 6. The van der Waals surface area contributed by atoms with Crippen LogP contribution >= 0.6 is 0 Å². The summed E-state index contributed by atoms with van der Waals surface area (Å²) in [4.78, 5) is 9.55. The number of halogens is 6. The maximum Gasteiger partial charge on any atom is 0.524 e. The van der Waals surface area contributed by atoms with Crippen molar-refractivity contribution in [2.75, 3.05) is 0 Å². The van der Waals surface area contributed by atoms with Crippen LogP contribution in [-0.4, -0.2) is 29.8 Å². The predicted molar refractivity (Wildman–Crippen MR) is 25.9 cm³/mol. The summed E-state index contributed by atoms with van der Waals surface area (Å²) in [5.74, 6) is -2.95. The molecule has 0 rings (SSSR count). The first-order valence-corrected chi connectivity index (χ1v) is 2.43. The summed E-state index contributed by atoms with van der Waals surface area (Å²) in [5, 5.41) is 7.60. The maximum atomic E-state index is 11.4. The lowest BCUT2D eigenvalue weighted by molar-refractivity contribution is -0.102. The van der Waals surface area contributed by atoms with Crippen LogP contribution in [0.3, 0.4) is 0 Å². The van der Waals surface area contributed by atoms with E-state index in [0.29, 0.717) is 0 Å². The zero-order valence-electron chi connectivity index (χ0n) is 5.20. The van der Waals surface area contributed by atoms with Crippen molar-refractivity contribution < 1.29 is 36.2 Å². The molecule has 0 amide bonds. The molecule has 0 aromatic rings. The zero-order valence-corrected chi connectivity index (χ0v) is 5.20. The van der Waals surface area contributed by atoms with Crippen LogP contribution in [0.4, 0.5) is 31.1 Å². The first-order valence-electron chi connectivity index (χ1n) is 2.43. The minimum Gasteiger partial charge on any atom is -0.489 e. The summed E-state index contributed by atoms with van der Waals surface area (Å²) in [6.45, 7) is -4.30. The van der Waals surface area contributed by atoms with Gasteiger partial charge in [-0.05, 0) is 0 Å². The average molecular weight is 194 g/mol. The Morgan fingerprint density at radius 2 is 1.25 bits per heavy atom. The number of rotatable bonds is 1. The van der Waals surface area contributed by atoms with Gasteiger partial charge in [-0.1, -0.05) is 0 Å². The van der Waals surface area contributed by atoms with E-state index in [0.717, 1.165) is 0 Å². The molecule has 0 aromatic heterocycles. The second kappa shape index (κ2) is 2.87. The molecule has 0 saturated heterocycles. The topological polar surface area (TPSA) is 37.3 Å². The minimum absolute atomic E-state index is 2.95. The van der Waals surface area contributed by atoms with E-state index in [9.17, 15) is 31.1 Å². The Kier molecular flexibility index (Phi) is 2.66. The third kappa shape index (κ3) is 2.63. The summed E-state index contributed by atoms with van der Waals surface area (Å²) in [7, 11) is 0. The molecule has 9 heteroatoms. The molecule has 0 fully saturated rings. The average Bonchev–Trinajstić information content (AvgIpc) is 1.49. The van der Waals surface area contributed by atoms with Crippen molar-refractivity contribution in [3.63, 3.8) is 0 Å². The fourth-order valence-corrected chi connectivity index (χ4v) is 0.466. The van der Waals surface area contributed by atoms with E-state index in [1.807, 2.05) is 0 Å². The molecule has 2 nitrogen and oxygen atoms in total. The van der Waals surface area contributed by atoms with Crippen molar-refractivity contribution in [2.45, 2.75) is 12.2 Å². The molecular formula is C3HBF6O2. The van der Waals surface area contributed by atoms with Gasteiger partial charge in [-0.3, -0.25) is 4.79 Å². The molecule has 0 aliphatic rings. The fraction of sp³-hybridized carbons (Fsp3) is 0.667. The predicted octanol–water partition coefficient (Wildman–Crippen LogP) is 1.94. The third-order valence-corrected chi connectivity index (χ3v) is 0.902. The van der Waals surface area contributed by atoms with Crippen LogP contribution in [0.2, 0.25) is 0 Å². The largest absolute Gasteiger partial charge is 0.524 e. The van der Waals surface area contributed by atoms with E-state index in [4.69, 9.17) is 5.11 Å². The summed E-state index contributed by atoms with van der Waals surface area (Å²) in [6, 6.07) is 0. The van der Waals surface area contributed by atoms with E-state index in [-0.39, 0.29) is 0 Å². The Morgan fingerprint density at radius 1 is 1.00 bits per heavy atom. The summed E-state index contributed by atoms with van der Waals surface area (Å²) >= 11 is 0. The highest BCUT2D eigenvalue weighted by molar-refractivity contribution is 6.91. The first-order chi connectivity index (χ1) is 5.07. The van der Waals surface area contributed by atoms with Crippen LogP contribution in [0.15, 0.2) is 0 Å². The number of hydrogen-bond acceptors (Lipinski definition) is 1. The van der Waals surface area contributed by atoms with Crippen LogP contribution in [0, 0.1) is 0 Å². The van der Waals surface area contributed by atoms with Gasteiger partial charge < -0.3 is 5.11 Å². The summed E-state index contributed by atoms with van der Waals surface area (Å²) < 4.78 is 68.2. The molecule has 12 heavy (non-hydrogen) atoms. The Balaban J connectivity index is 4.82. The van der Waals surface area contributed by atoms with Gasteiger partial charge in [0.25, 0.3) is 5.87 Å². The van der Waals surface area contributed by atoms with Crippen LogP contribution in [0.25, 0.3) is 0 Å². The van der Waals surface area contributed by atoms with Gasteiger partial charge >= 0.3 is 18.9 Å². The van der Waals surface area contributed by atoms with Gasteiger partial charge in [-0.15, -0.1) is 0 Å². The molecule has 70 valence electrons. The van der Waals surface area contributed by atoms with Gasteiger partial charge in [0.1, 0.15) is 0 Å². The molecule has 0 spiro atoms. The van der Waals surface area contributed by atoms with Crippen LogP contribution in [0.5, 0.6) is 0 Å². The Hall–Kier alpha value is -0.885. The quantitative estimate of drug-likeness (QED) is 0.511. The lowest BCUT2D eigenvalue weighted by atomic mass is 9.48. The van der Waals surface area contributed by atoms with Crippen LogP contribution in [-0.2, 0) is 0 Å². The van der Waals surface area contributed by atoms with Gasteiger partial charge in [0.2, 0.25) is 0 Å². The van der Waals surface area contributed by atoms with Crippen molar-refractivity contribution in [1.82, 2.24) is 0 Å². The maximum absolute atomic E-state index is 11.4. The number of carbonyl (C=O) groups is 1. The van der Waals surface area contributed by atoms with E-state index in [2.05, 4.69) is 0 Å². The van der Waals surface area contributed by atoms with Crippen molar-refractivity contribution in [3.05, 3.63) is 0 Å². The molecule has 0 heterocycles. The molecule has 0 atom stereocenters. The molecule has 0 bridgehead atoms. The number of hydrogen-bond donors (Lipinski definition) is 1. The molecule has 0 aromatic carbocycles. The van der Waals surface area contributed by atoms with Gasteiger partial charge in [0.15, 0.2) is 0 Å². The fourth-order valence-electron chi connectivity index (χ4n) is 0.466. The Bertz CT molecular complexity index is 168. The highest BCUT2D eigenvalue weighted by Crippen LogP contribution is 2.31. The second-order valence-corrected chi connectivity index (χ2v) is 1.85. The Labute approximate surface area is 62.2 Å². The van der Waals surface area contributed by atoms with Crippen molar-refractivity contribution in [2.24, 2.45) is 0 Å². The minimum atomic E-state index is -5.80. The Morgan fingerprint density at radius 3 is 1.25 bits per heavy atom. The molecule has 1 N–H and O–H groups in total. The number of carboxylic acid groups (broad SMARTS) is 1. The van der Waals surface area contributed by atoms with E-state index < -0.39 is 24.7 Å². The molecular weight excluding hydrogens is 193 g/mol. The highest BCUT2D eigenvalue weighted by atomic mass is 19.4. The third-order valence-electron chi connectivity index (χ3n) is 0.902. The lowest BCUT2D eigenvalue weighted by Crippen LogP contribution is -2.53. The van der Waals surface area contributed by atoms with Crippen molar-refractivity contribution in [3.8, 4) is 0 Å². The molecule has 0 aliphatic heterocycles. The monoisotopic (exact) mass is 194 g/mol. The van der Waals surface area contributed by atoms with Crippen LogP contribution < -0.4 is 0 Å². The van der Waals surface area contributed by atoms with E-state index in [1.165, 1.54) is 0 Å². The van der Waals surface area contributed by atoms with Gasteiger partial charge in [0.05, 0.1) is 0 Å². The molecule has 0 aliphatic carbocycles. The molecule has 0 radical (unpaired) electrons. The van der Waals surface area contributed by atoms with Crippen molar-refractivity contribution in [1.29, 1.82) is 0 Å². The van der Waals surface area contributed by atoms with Gasteiger partial charge in [-0.2, -0.15) is 26.3 Å². The second-order valence-electron chi connectivity index (χ2n) is 1.85. The SMILES string of the molecule is O=C(O)B(C(F)(F)F)C(F)(F)F. The zero-order chi connectivity index (χ0) is 10.2. The smallest absolute Gasteiger partial charge is 0.489 e. The lowest BCUT2D eigenvalue weighted by Gasteiger charge is -2.14. The van der Waals surface area contributed by atoms with E-state index >= 15 is 0 Å². The van der Waals surface area contributed by atoms with Crippen LogP contribution in [0.1, 0.15) is 0 Å². The molecule has 0 unspecified atom stereocenters. The van der Waals surface area contributed by atoms with Gasteiger partial charge in [-0.25, -0.2) is 0 Å². The van der Waals surface area contributed by atoms with Crippen molar-refractivity contribution >= 4 is 12.6 Å². The van der Waals surface area contributed by atoms with E-state index in [1.54, 1.807) is 0 Å². The standard InChI is InChI=1S/C3HBF6O2/c5-2(6,7)4(1(11)12)3(8,9)10/h(H,11,12). The van der Waals surface area contributed by atoms with Gasteiger partial charge in [0, 0.05) is 0 Å². The molecule has 0 saturated carbocycles. The highest BCUT2D eigenvalue weighted by Gasteiger charge is 2.67. The summed E-state index contributed by atoms with van der Waals surface area (Å²) in [5.41, 5.74) is 0. The normalized spacial score (nSPS) is 12.8. The first kappa shape index (κ1) is 11.1.